The van der Waals surface area contributed by atoms with Gasteiger partial charge >= 0.3 is 5.97 Å². The van der Waals surface area contributed by atoms with Crippen molar-refractivity contribution < 1.29 is 9.90 Å². The van der Waals surface area contributed by atoms with Crippen LogP contribution in [0, 0.1) is 11.8 Å². The highest BCUT2D eigenvalue weighted by Gasteiger charge is 2.22. The molecule has 0 saturated carbocycles. The SMILES string of the molecule is CC(C)CC(Cn1nnnc1-c1cncnc1)C(=O)O. The number of hydrogen-bond donors (Lipinski definition) is 1. The van der Waals surface area contributed by atoms with Gasteiger partial charge in [0.15, 0.2) is 5.82 Å². The number of aliphatic carboxylic acids is 1. The van der Waals surface area contributed by atoms with Crippen molar-refractivity contribution in [3.63, 3.8) is 0 Å². The first kappa shape index (κ1) is 14.0. The van der Waals surface area contributed by atoms with E-state index in [0.717, 1.165) is 0 Å². The van der Waals surface area contributed by atoms with Crippen LogP contribution >= 0.6 is 0 Å². The zero-order valence-electron chi connectivity index (χ0n) is 11.3. The molecule has 0 amide bonds. The third-order valence-electron chi connectivity index (χ3n) is 2.85. The number of rotatable bonds is 6. The summed E-state index contributed by atoms with van der Waals surface area (Å²) in [6.45, 7) is 4.20. The van der Waals surface area contributed by atoms with Gasteiger partial charge in [0.2, 0.25) is 0 Å². The van der Waals surface area contributed by atoms with Crippen LogP contribution in [0.3, 0.4) is 0 Å². The molecule has 1 unspecified atom stereocenters. The largest absolute Gasteiger partial charge is 0.481 e. The van der Waals surface area contributed by atoms with E-state index < -0.39 is 11.9 Å². The zero-order valence-corrected chi connectivity index (χ0v) is 11.3. The molecular formula is C12H16N6O2. The first-order chi connectivity index (χ1) is 9.58. The van der Waals surface area contributed by atoms with Gasteiger partial charge in [-0.2, -0.15) is 0 Å². The van der Waals surface area contributed by atoms with Crippen molar-refractivity contribution in [2.24, 2.45) is 11.8 Å². The summed E-state index contributed by atoms with van der Waals surface area (Å²) < 4.78 is 1.49. The van der Waals surface area contributed by atoms with Crippen molar-refractivity contribution in [1.82, 2.24) is 30.2 Å². The van der Waals surface area contributed by atoms with Crippen molar-refractivity contribution >= 4 is 5.97 Å². The fraction of sp³-hybridized carbons (Fsp3) is 0.500. The highest BCUT2D eigenvalue weighted by Crippen LogP contribution is 2.18. The Hall–Kier alpha value is -2.38. The van der Waals surface area contributed by atoms with E-state index in [0.29, 0.717) is 17.8 Å². The molecule has 2 rings (SSSR count). The molecule has 106 valence electrons. The number of hydrogen-bond acceptors (Lipinski definition) is 6. The van der Waals surface area contributed by atoms with Crippen LogP contribution in [0.4, 0.5) is 0 Å². The second-order valence-electron chi connectivity index (χ2n) is 4.98. The normalized spacial score (nSPS) is 12.6. The van der Waals surface area contributed by atoms with Crippen LogP contribution in [0.5, 0.6) is 0 Å². The van der Waals surface area contributed by atoms with Gasteiger partial charge in [-0.1, -0.05) is 13.8 Å². The smallest absolute Gasteiger partial charge is 0.308 e. The lowest BCUT2D eigenvalue weighted by atomic mass is 9.97. The Morgan fingerprint density at radius 3 is 2.65 bits per heavy atom. The van der Waals surface area contributed by atoms with E-state index >= 15 is 0 Å². The maximum atomic E-state index is 11.3. The van der Waals surface area contributed by atoms with E-state index in [1.165, 1.54) is 11.0 Å². The molecule has 2 aromatic heterocycles. The fourth-order valence-corrected chi connectivity index (χ4v) is 1.98. The maximum absolute atomic E-state index is 11.3. The van der Waals surface area contributed by atoms with Gasteiger partial charge < -0.3 is 5.11 Å². The molecule has 2 aromatic rings. The monoisotopic (exact) mass is 276 g/mol. The van der Waals surface area contributed by atoms with Gasteiger partial charge in [-0.25, -0.2) is 14.6 Å². The molecule has 1 N–H and O–H groups in total. The van der Waals surface area contributed by atoms with Crippen LogP contribution in [-0.4, -0.2) is 41.3 Å². The summed E-state index contributed by atoms with van der Waals surface area (Å²) in [5.41, 5.74) is 0.659. The molecule has 0 bridgehead atoms. The molecule has 0 fully saturated rings. The van der Waals surface area contributed by atoms with Gasteiger partial charge in [0.25, 0.3) is 0 Å². The number of carbonyl (C=O) groups is 1. The first-order valence-corrected chi connectivity index (χ1v) is 6.32. The standard InChI is InChI=1S/C12H16N6O2/c1-8(2)3-9(12(19)20)6-18-11(15-16-17-18)10-4-13-7-14-5-10/h4-5,7-9H,3,6H2,1-2H3,(H,19,20). The lowest BCUT2D eigenvalue weighted by Crippen LogP contribution is -2.23. The van der Waals surface area contributed by atoms with Crippen molar-refractivity contribution in [2.45, 2.75) is 26.8 Å². The Kier molecular flexibility index (Phi) is 4.34. The van der Waals surface area contributed by atoms with Crippen molar-refractivity contribution in [2.75, 3.05) is 0 Å². The topological polar surface area (TPSA) is 107 Å². The minimum atomic E-state index is -0.843. The number of carboxylic acid groups (broad SMARTS) is 1. The van der Waals surface area contributed by atoms with Crippen molar-refractivity contribution in [1.29, 1.82) is 0 Å². The molecule has 0 aliphatic heterocycles. The second-order valence-corrected chi connectivity index (χ2v) is 4.98. The Labute approximate surface area is 115 Å². The van der Waals surface area contributed by atoms with Gasteiger partial charge in [-0.3, -0.25) is 4.79 Å². The van der Waals surface area contributed by atoms with Crippen LogP contribution in [0.2, 0.25) is 0 Å². The van der Waals surface area contributed by atoms with E-state index in [1.54, 1.807) is 12.4 Å². The second kappa shape index (κ2) is 6.18. The third kappa shape index (κ3) is 3.34. The molecule has 2 heterocycles. The summed E-state index contributed by atoms with van der Waals surface area (Å²) in [5, 5.41) is 20.6. The summed E-state index contributed by atoms with van der Waals surface area (Å²) >= 11 is 0. The number of tetrazole rings is 1. The Balaban J connectivity index is 2.22. The van der Waals surface area contributed by atoms with Crippen LogP contribution in [0.1, 0.15) is 20.3 Å². The third-order valence-corrected chi connectivity index (χ3v) is 2.85. The van der Waals surface area contributed by atoms with Gasteiger partial charge in [-0.15, -0.1) is 5.10 Å². The van der Waals surface area contributed by atoms with Crippen LogP contribution in [0.25, 0.3) is 11.4 Å². The van der Waals surface area contributed by atoms with E-state index in [9.17, 15) is 9.90 Å². The highest BCUT2D eigenvalue weighted by atomic mass is 16.4. The minimum absolute atomic E-state index is 0.227. The fourth-order valence-electron chi connectivity index (χ4n) is 1.98. The highest BCUT2D eigenvalue weighted by molar-refractivity contribution is 5.70. The molecule has 8 heteroatoms. The van der Waals surface area contributed by atoms with Gasteiger partial charge in [0, 0.05) is 12.4 Å². The van der Waals surface area contributed by atoms with Gasteiger partial charge in [0.05, 0.1) is 18.0 Å². The average Bonchev–Trinajstić information content (AvgIpc) is 2.86. The predicted octanol–water partition coefficient (Wildman–Crippen LogP) is 0.877. The maximum Gasteiger partial charge on any atom is 0.308 e. The average molecular weight is 276 g/mol. The molecule has 0 radical (unpaired) electrons. The van der Waals surface area contributed by atoms with E-state index in [2.05, 4.69) is 25.5 Å². The molecule has 0 aliphatic rings. The minimum Gasteiger partial charge on any atom is -0.481 e. The van der Waals surface area contributed by atoms with E-state index in [1.807, 2.05) is 13.8 Å². The van der Waals surface area contributed by atoms with Gasteiger partial charge in [-0.05, 0) is 22.8 Å². The number of nitrogens with zero attached hydrogens (tertiary/aromatic N) is 6. The first-order valence-electron chi connectivity index (χ1n) is 6.32. The summed E-state index contributed by atoms with van der Waals surface area (Å²) in [5.74, 6) is -0.608. The lowest BCUT2D eigenvalue weighted by molar-refractivity contribution is -0.142. The Morgan fingerprint density at radius 2 is 2.05 bits per heavy atom. The van der Waals surface area contributed by atoms with Gasteiger partial charge in [0.1, 0.15) is 6.33 Å². The summed E-state index contributed by atoms with van der Waals surface area (Å²) in [6.07, 6.45) is 5.16. The summed E-state index contributed by atoms with van der Waals surface area (Å²) in [7, 11) is 0. The quantitative estimate of drug-likeness (QED) is 0.834. The molecular weight excluding hydrogens is 260 g/mol. The molecule has 1 atom stereocenters. The number of carboxylic acids is 1. The van der Waals surface area contributed by atoms with Crippen LogP contribution in [-0.2, 0) is 11.3 Å². The molecule has 0 spiro atoms. The molecule has 0 aliphatic carbocycles. The number of aromatic nitrogens is 6. The molecule has 8 nitrogen and oxygen atoms in total. The van der Waals surface area contributed by atoms with Crippen LogP contribution in [0.15, 0.2) is 18.7 Å². The summed E-state index contributed by atoms with van der Waals surface area (Å²) in [6, 6.07) is 0. The summed E-state index contributed by atoms with van der Waals surface area (Å²) in [4.78, 5) is 19.1. The zero-order chi connectivity index (χ0) is 14.5. The molecule has 20 heavy (non-hydrogen) atoms. The molecule has 0 saturated heterocycles. The lowest BCUT2D eigenvalue weighted by Gasteiger charge is -2.14. The predicted molar refractivity (Wildman–Crippen MR) is 69.4 cm³/mol. The van der Waals surface area contributed by atoms with E-state index in [-0.39, 0.29) is 12.5 Å². The van der Waals surface area contributed by atoms with Crippen molar-refractivity contribution in [3.05, 3.63) is 18.7 Å². The molecule has 0 aromatic carbocycles. The van der Waals surface area contributed by atoms with Crippen molar-refractivity contribution in [3.8, 4) is 11.4 Å². The Morgan fingerprint density at radius 1 is 1.35 bits per heavy atom. The Bertz CT molecular complexity index is 568. The van der Waals surface area contributed by atoms with Crippen LogP contribution < -0.4 is 0 Å². The van der Waals surface area contributed by atoms with E-state index in [4.69, 9.17) is 0 Å².